The third kappa shape index (κ3) is 5.04. The monoisotopic (exact) mass is 482 g/mol. The third-order valence-electron chi connectivity index (χ3n) is 7.17. The lowest BCUT2D eigenvalue weighted by atomic mass is 9.78. The number of benzene rings is 1. The normalized spacial score (nSPS) is 20.9. The number of ketones is 4. The number of hydrogen-bond acceptors (Lipinski definition) is 6. The molecule has 0 unspecified atom stereocenters. The lowest BCUT2D eigenvalue weighted by Crippen LogP contribution is -2.35. The molecular formula is C27H30O6S. The third-order valence-corrected chi connectivity index (χ3v) is 8.90. The molecule has 0 bridgehead atoms. The fourth-order valence-corrected chi connectivity index (χ4v) is 7.03. The first-order valence-electron chi connectivity index (χ1n) is 12.2. The van der Waals surface area contributed by atoms with Gasteiger partial charge in [-0.3, -0.25) is 19.2 Å². The standard InChI is InChI=1S/C27H30O6S/c28-22-16-21(24(29)19-12-6-2-7-13-19)26(31)27(23(22)25(30)20-14-8-3-9-15-20)34(32,33)17-18-10-4-1-5-11-18/h1,4-5,10-11,16,19-20H,2-3,6-9,12-15,17H2. The van der Waals surface area contributed by atoms with Crippen LogP contribution < -0.4 is 0 Å². The topological polar surface area (TPSA) is 102 Å². The highest BCUT2D eigenvalue weighted by atomic mass is 32.2. The van der Waals surface area contributed by atoms with E-state index in [1.54, 1.807) is 30.3 Å². The Labute approximate surface area is 200 Å². The van der Waals surface area contributed by atoms with Crippen molar-refractivity contribution in [3.63, 3.8) is 0 Å². The molecule has 0 atom stereocenters. The fourth-order valence-electron chi connectivity index (χ4n) is 5.35. The summed E-state index contributed by atoms with van der Waals surface area (Å²) in [5.74, 6) is -4.28. The van der Waals surface area contributed by atoms with Gasteiger partial charge in [-0.25, -0.2) is 8.42 Å². The number of Topliss-reactive ketones (excluding diaryl/α,β-unsaturated/α-hetero) is 3. The molecule has 7 heteroatoms. The van der Waals surface area contributed by atoms with E-state index < -0.39 is 61.0 Å². The summed E-state index contributed by atoms with van der Waals surface area (Å²) >= 11 is 0. The van der Waals surface area contributed by atoms with Gasteiger partial charge >= 0.3 is 0 Å². The van der Waals surface area contributed by atoms with Crippen molar-refractivity contribution < 1.29 is 27.6 Å². The first kappa shape index (κ1) is 24.5. The molecule has 1 aromatic carbocycles. The second kappa shape index (κ2) is 10.3. The van der Waals surface area contributed by atoms with Gasteiger partial charge in [-0.05, 0) is 31.2 Å². The van der Waals surface area contributed by atoms with E-state index >= 15 is 0 Å². The van der Waals surface area contributed by atoms with Crippen molar-refractivity contribution in [1.82, 2.24) is 0 Å². The summed E-state index contributed by atoms with van der Waals surface area (Å²) in [7, 11) is -4.35. The van der Waals surface area contributed by atoms with Gasteiger partial charge in [0.1, 0.15) is 4.91 Å². The van der Waals surface area contributed by atoms with Gasteiger partial charge in [0.25, 0.3) is 0 Å². The van der Waals surface area contributed by atoms with E-state index in [-0.39, 0.29) is 5.57 Å². The van der Waals surface area contributed by atoms with Crippen molar-refractivity contribution >= 4 is 33.0 Å². The molecule has 2 fully saturated rings. The zero-order valence-corrected chi connectivity index (χ0v) is 20.1. The summed E-state index contributed by atoms with van der Waals surface area (Å²) in [5.41, 5.74) is -0.494. The lowest BCUT2D eigenvalue weighted by molar-refractivity contribution is -0.126. The smallest absolute Gasteiger partial charge is 0.209 e. The highest BCUT2D eigenvalue weighted by Gasteiger charge is 2.44. The molecule has 0 heterocycles. The fraction of sp³-hybridized carbons (Fsp3) is 0.481. The molecule has 3 aliphatic carbocycles. The van der Waals surface area contributed by atoms with E-state index in [0.29, 0.717) is 31.2 Å². The van der Waals surface area contributed by atoms with Crippen molar-refractivity contribution in [3.05, 3.63) is 58.0 Å². The number of carbonyl (C=O) groups excluding carboxylic acids is 4. The van der Waals surface area contributed by atoms with Gasteiger partial charge in [-0.1, -0.05) is 68.9 Å². The highest BCUT2D eigenvalue weighted by molar-refractivity contribution is 7.95. The molecule has 6 nitrogen and oxygen atoms in total. The number of sulfone groups is 1. The van der Waals surface area contributed by atoms with Crippen LogP contribution in [0.25, 0.3) is 0 Å². The predicted octanol–water partition coefficient (Wildman–Crippen LogP) is 4.23. The number of hydrogen-bond donors (Lipinski definition) is 0. The van der Waals surface area contributed by atoms with E-state index in [1.165, 1.54) is 0 Å². The van der Waals surface area contributed by atoms with Crippen LogP contribution in [0.1, 0.15) is 69.8 Å². The van der Waals surface area contributed by atoms with Crippen LogP contribution in [0.3, 0.4) is 0 Å². The maximum atomic E-state index is 13.6. The minimum absolute atomic E-state index is 0.385. The summed E-state index contributed by atoms with van der Waals surface area (Å²) in [6.07, 6.45) is 8.61. The number of allylic oxidation sites excluding steroid dienone is 4. The van der Waals surface area contributed by atoms with E-state index in [9.17, 15) is 27.6 Å². The Morgan fingerprint density at radius 1 is 0.765 bits per heavy atom. The average Bonchev–Trinajstić information content (AvgIpc) is 2.85. The number of rotatable bonds is 7. The van der Waals surface area contributed by atoms with Crippen LogP contribution >= 0.6 is 0 Å². The zero-order valence-electron chi connectivity index (χ0n) is 19.3. The molecule has 34 heavy (non-hydrogen) atoms. The van der Waals surface area contributed by atoms with Crippen molar-refractivity contribution in [3.8, 4) is 0 Å². The van der Waals surface area contributed by atoms with E-state index in [4.69, 9.17) is 0 Å². The lowest BCUT2D eigenvalue weighted by Gasteiger charge is -2.26. The largest absolute Gasteiger partial charge is 0.294 e. The molecule has 0 saturated heterocycles. The van der Waals surface area contributed by atoms with E-state index in [0.717, 1.165) is 44.6 Å². The molecule has 2 saturated carbocycles. The first-order chi connectivity index (χ1) is 16.3. The summed E-state index contributed by atoms with van der Waals surface area (Å²) in [6.45, 7) is 0. The Morgan fingerprint density at radius 3 is 1.85 bits per heavy atom. The van der Waals surface area contributed by atoms with Gasteiger partial charge in [-0.2, -0.15) is 0 Å². The summed E-state index contributed by atoms with van der Waals surface area (Å²) < 4.78 is 27.1. The Morgan fingerprint density at radius 2 is 1.29 bits per heavy atom. The highest BCUT2D eigenvalue weighted by Crippen LogP contribution is 2.35. The minimum atomic E-state index is -4.35. The predicted molar refractivity (Wildman–Crippen MR) is 127 cm³/mol. The van der Waals surface area contributed by atoms with Crippen LogP contribution in [0.2, 0.25) is 0 Å². The molecule has 0 amide bonds. The maximum Gasteiger partial charge on any atom is 0.209 e. The molecule has 4 rings (SSSR count). The minimum Gasteiger partial charge on any atom is -0.294 e. The molecule has 0 aromatic heterocycles. The van der Waals surface area contributed by atoms with Crippen LogP contribution in [-0.4, -0.2) is 31.6 Å². The molecule has 3 aliphatic rings. The van der Waals surface area contributed by atoms with Gasteiger partial charge in [-0.15, -0.1) is 0 Å². The van der Waals surface area contributed by atoms with Crippen LogP contribution in [0, 0.1) is 11.8 Å². The molecule has 1 aromatic rings. The quantitative estimate of drug-likeness (QED) is 0.426. The second-order valence-corrected chi connectivity index (χ2v) is 11.5. The summed E-state index contributed by atoms with van der Waals surface area (Å²) in [5, 5.41) is 0. The molecule has 0 N–H and O–H groups in total. The Kier molecular flexibility index (Phi) is 7.41. The Bertz CT molecular complexity index is 1160. The van der Waals surface area contributed by atoms with Gasteiger partial charge in [0.2, 0.25) is 5.78 Å². The molecular weight excluding hydrogens is 452 g/mol. The first-order valence-corrected chi connectivity index (χ1v) is 13.8. The van der Waals surface area contributed by atoms with Crippen molar-refractivity contribution in [2.75, 3.05) is 0 Å². The van der Waals surface area contributed by atoms with Gasteiger partial charge < -0.3 is 0 Å². The molecule has 180 valence electrons. The molecule has 0 spiro atoms. The number of carbonyl (C=O) groups is 4. The van der Waals surface area contributed by atoms with Gasteiger partial charge in [0, 0.05) is 17.9 Å². The Balaban J connectivity index is 1.76. The van der Waals surface area contributed by atoms with Crippen molar-refractivity contribution in [1.29, 1.82) is 0 Å². The van der Waals surface area contributed by atoms with Gasteiger partial charge in [0.05, 0.1) is 16.9 Å². The van der Waals surface area contributed by atoms with Crippen LogP contribution in [0.5, 0.6) is 0 Å². The average molecular weight is 483 g/mol. The van der Waals surface area contributed by atoms with Crippen molar-refractivity contribution in [2.24, 2.45) is 11.8 Å². The maximum absolute atomic E-state index is 13.6. The van der Waals surface area contributed by atoms with Crippen LogP contribution in [0.4, 0.5) is 0 Å². The zero-order chi connectivity index (χ0) is 24.3. The van der Waals surface area contributed by atoms with Crippen LogP contribution in [-0.2, 0) is 34.8 Å². The SMILES string of the molecule is O=C1C=C(C(=O)C2CCCCC2)C(=O)C(S(=O)(=O)Cc2ccccc2)=C1C(=O)C1CCCCC1. The summed E-state index contributed by atoms with van der Waals surface area (Å²) in [6, 6.07) is 8.32. The van der Waals surface area contributed by atoms with Crippen molar-refractivity contribution in [2.45, 2.75) is 70.0 Å². The van der Waals surface area contributed by atoms with E-state index in [1.807, 2.05) is 0 Å². The summed E-state index contributed by atoms with van der Waals surface area (Å²) in [4.78, 5) is 52.5. The molecule has 0 radical (unpaired) electrons. The Hall–Kier alpha value is -2.67. The van der Waals surface area contributed by atoms with Gasteiger partial charge in [0.15, 0.2) is 27.2 Å². The van der Waals surface area contributed by atoms with E-state index in [2.05, 4.69) is 0 Å². The molecule has 0 aliphatic heterocycles. The second-order valence-electron chi connectivity index (χ2n) is 9.60. The van der Waals surface area contributed by atoms with Crippen LogP contribution in [0.15, 0.2) is 52.5 Å².